The average Bonchev–Trinajstić information content (AvgIpc) is 2.66. The molecule has 88 valence electrons. The normalized spacial score (nSPS) is 10.4. The van der Waals surface area contributed by atoms with E-state index in [9.17, 15) is 9.59 Å². The Morgan fingerprint density at radius 3 is 2.76 bits per heavy atom. The summed E-state index contributed by atoms with van der Waals surface area (Å²) >= 11 is 0. The number of nitrogens with two attached hydrogens (primary N) is 1. The molecule has 0 aromatic carbocycles. The Labute approximate surface area is 94.6 Å². The third-order valence-corrected chi connectivity index (χ3v) is 2.06. The lowest BCUT2D eigenvalue weighted by molar-refractivity contribution is 0.0590. The lowest BCUT2D eigenvalue weighted by Gasteiger charge is -2.03. The van der Waals surface area contributed by atoms with Crippen molar-refractivity contribution in [3.63, 3.8) is 0 Å². The summed E-state index contributed by atoms with van der Waals surface area (Å²) in [7, 11) is 1.18. The number of aromatic carboxylic acids is 1. The van der Waals surface area contributed by atoms with E-state index in [2.05, 4.69) is 14.8 Å². The standard InChI is InChI=1S/C9H8N4O4/c1-17-9(16)5-2-4(8(14)15)11-7-3-6(10)12-13(5)7/h2-3H,1H3,(H2,10,12)(H,14,15). The van der Waals surface area contributed by atoms with Gasteiger partial charge in [-0.05, 0) is 0 Å². The predicted molar refractivity (Wildman–Crippen MR) is 55.7 cm³/mol. The molecular formula is C9H8N4O4. The van der Waals surface area contributed by atoms with Gasteiger partial charge >= 0.3 is 11.9 Å². The number of hydrogen-bond donors (Lipinski definition) is 2. The SMILES string of the molecule is COC(=O)c1cc(C(=O)O)nc2cc(N)nn12. The summed E-state index contributed by atoms with van der Waals surface area (Å²) < 4.78 is 5.66. The van der Waals surface area contributed by atoms with Gasteiger partial charge < -0.3 is 15.6 Å². The summed E-state index contributed by atoms with van der Waals surface area (Å²) in [5, 5.41) is 12.7. The minimum Gasteiger partial charge on any atom is -0.477 e. The molecule has 0 aliphatic carbocycles. The van der Waals surface area contributed by atoms with Crippen LogP contribution in [0.5, 0.6) is 0 Å². The van der Waals surface area contributed by atoms with E-state index in [0.29, 0.717) is 0 Å². The van der Waals surface area contributed by atoms with Gasteiger partial charge in [-0.3, -0.25) is 0 Å². The number of fused-ring (bicyclic) bond motifs is 1. The van der Waals surface area contributed by atoms with Crippen LogP contribution in [0.1, 0.15) is 21.0 Å². The molecule has 2 heterocycles. The van der Waals surface area contributed by atoms with Crippen LogP contribution in [0.25, 0.3) is 5.65 Å². The summed E-state index contributed by atoms with van der Waals surface area (Å²) in [6.45, 7) is 0. The fraction of sp³-hybridized carbons (Fsp3) is 0.111. The first-order valence-corrected chi connectivity index (χ1v) is 4.51. The number of aromatic nitrogens is 3. The van der Waals surface area contributed by atoms with E-state index >= 15 is 0 Å². The van der Waals surface area contributed by atoms with Gasteiger partial charge in [0.2, 0.25) is 0 Å². The Morgan fingerprint density at radius 2 is 2.18 bits per heavy atom. The monoisotopic (exact) mass is 236 g/mol. The maximum absolute atomic E-state index is 11.5. The zero-order valence-electron chi connectivity index (χ0n) is 8.75. The van der Waals surface area contributed by atoms with Gasteiger partial charge in [0.05, 0.1) is 7.11 Å². The summed E-state index contributed by atoms with van der Waals surface area (Å²) in [6.07, 6.45) is 0. The molecule has 2 aromatic heterocycles. The average molecular weight is 236 g/mol. The van der Waals surface area contributed by atoms with Crippen LogP contribution in [0.15, 0.2) is 12.1 Å². The van der Waals surface area contributed by atoms with Crippen molar-refractivity contribution in [3.8, 4) is 0 Å². The lowest BCUT2D eigenvalue weighted by Crippen LogP contribution is -2.13. The number of rotatable bonds is 2. The number of nitrogens with zero attached hydrogens (tertiary/aromatic N) is 3. The number of carbonyl (C=O) groups excluding carboxylic acids is 1. The first-order chi connectivity index (χ1) is 8.02. The molecule has 0 spiro atoms. The molecule has 0 unspecified atom stereocenters. The van der Waals surface area contributed by atoms with Gasteiger partial charge in [0.25, 0.3) is 0 Å². The number of esters is 1. The highest BCUT2D eigenvalue weighted by Crippen LogP contribution is 2.12. The van der Waals surface area contributed by atoms with Crippen LogP contribution in [0, 0.1) is 0 Å². The maximum Gasteiger partial charge on any atom is 0.356 e. The van der Waals surface area contributed by atoms with E-state index in [1.807, 2.05) is 0 Å². The molecule has 2 aromatic rings. The molecule has 17 heavy (non-hydrogen) atoms. The number of ether oxygens (including phenoxy) is 1. The molecule has 0 radical (unpaired) electrons. The van der Waals surface area contributed by atoms with E-state index < -0.39 is 11.9 Å². The van der Waals surface area contributed by atoms with E-state index in [1.54, 1.807) is 0 Å². The molecule has 0 fully saturated rings. The van der Waals surface area contributed by atoms with Crippen LogP contribution < -0.4 is 5.73 Å². The molecule has 2 rings (SSSR count). The Bertz CT molecular complexity index is 619. The summed E-state index contributed by atoms with van der Waals surface area (Å²) in [5.41, 5.74) is 5.30. The Kier molecular flexibility index (Phi) is 2.39. The van der Waals surface area contributed by atoms with E-state index in [-0.39, 0.29) is 22.9 Å². The Hall–Kier alpha value is -2.64. The van der Waals surface area contributed by atoms with Crippen molar-refractivity contribution >= 4 is 23.4 Å². The highest BCUT2D eigenvalue weighted by molar-refractivity contribution is 5.93. The highest BCUT2D eigenvalue weighted by Gasteiger charge is 2.18. The van der Waals surface area contributed by atoms with Crippen LogP contribution in [-0.4, -0.2) is 38.8 Å². The Morgan fingerprint density at radius 1 is 1.47 bits per heavy atom. The molecule has 0 bridgehead atoms. The minimum atomic E-state index is -1.25. The fourth-order valence-corrected chi connectivity index (χ4v) is 1.35. The second-order valence-corrected chi connectivity index (χ2v) is 3.16. The molecule has 0 amide bonds. The summed E-state index contributed by atoms with van der Waals surface area (Å²) in [4.78, 5) is 26.1. The van der Waals surface area contributed by atoms with Crippen LogP contribution in [0.4, 0.5) is 5.82 Å². The van der Waals surface area contributed by atoms with Crippen LogP contribution in [-0.2, 0) is 4.74 Å². The number of methoxy groups -OCH3 is 1. The minimum absolute atomic E-state index is 0.0494. The number of carbonyl (C=O) groups is 2. The van der Waals surface area contributed by atoms with Gasteiger partial charge in [-0.15, -0.1) is 5.10 Å². The van der Waals surface area contributed by atoms with Crippen molar-refractivity contribution < 1.29 is 19.4 Å². The first-order valence-electron chi connectivity index (χ1n) is 4.51. The fourth-order valence-electron chi connectivity index (χ4n) is 1.35. The molecule has 0 aliphatic rings. The van der Waals surface area contributed by atoms with Crippen molar-refractivity contribution in [2.75, 3.05) is 12.8 Å². The maximum atomic E-state index is 11.5. The van der Waals surface area contributed by atoms with Crippen molar-refractivity contribution in [1.82, 2.24) is 14.6 Å². The molecule has 8 heteroatoms. The molecule has 8 nitrogen and oxygen atoms in total. The molecule has 0 atom stereocenters. The van der Waals surface area contributed by atoms with Gasteiger partial charge in [0, 0.05) is 12.1 Å². The van der Waals surface area contributed by atoms with E-state index in [0.717, 1.165) is 10.6 Å². The Balaban J connectivity index is 2.77. The number of carboxylic acids is 1. The van der Waals surface area contributed by atoms with Crippen molar-refractivity contribution in [2.24, 2.45) is 0 Å². The zero-order valence-corrected chi connectivity index (χ0v) is 8.75. The van der Waals surface area contributed by atoms with E-state index in [1.165, 1.54) is 13.2 Å². The molecule has 3 N–H and O–H groups in total. The van der Waals surface area contributed by atoms with Crippen molar-refractivity contribution in [3.05, 3.63) is 23.5 Å². The predicted octanol–water partition coefficient (Wildman–Crippen LogP) is -0.204. The molecule has 0 saturated heterocycles. The molecule has 0 saturated carbocycles. The number of nitrogen functional groups attached to an aromatic ring is 1. The first kappa shape index (κ1) is 10.9. The second kappa shape index (κ2) is 3.74. The summed E-state index contributed by atoms with van der Waals surface area (Å²) in [6, 6.07) is 2.44. The third-order valence-electron chi connectivity index (χ3n) is 2.06. The van der Waals surface area contributed by atoms with Gasteiger partial charge in [-0.1, -0.05) is 0 Å². The molecule has 0 aliphatic heterocycles. The summed E-state index contributed by atoms with van der Waals surface area (Å²) in [5.74, 6) is -1.84. The smallest absolute Gasteiger partial charge is 0.356 e. The van der Waals surface area contributed by atoms with Gasteiger partial charge in [-0.2, -0.15) is 0 Å². The van der Waals surface area contributed by atoms with Crippen LogP contribution in [0.2, 0.25) is 0 Å². The van der Waals surface area contributed by atoms with E-state index in [4.69, 9.17) is 10.8 Å². The third kappa shape index (κ3) is 1.75. The lowest BCUT2D eigenvalue weighted by atomic mass is 10.3. The number of anilines is 1. The second-order valence-electron chi connectivity index (χ2n) is 3.16. The van der Waals surface area contributed by atoms with Crippen molar-refractivity contribution in [1.29, 1.82) is 0 Å². The van der Waals surface area contributed by atoms with Gasteiger partial charge in [0.15, 0.2) is 17.0 Å². The van der Waals surface area contributed by atoms with Crippen molar-refractivity contribution in [2.45, 2.75) is 0 Å². The van der Waals surface area contributed by atoms with Gasteiger partial charge in [0.1, 0.15) is 5.82 Å². The number of carboxylic acid groups (broad SMARTS) is 1. The number of hydrogen-bond acceptors (Lipinski definition) is 6. The largest absolute Gasteiger partial charge is 0.477 e. The quantitative estimate of drug-likeness (QED) is 0.692. The van der Waals surface area contributed by atoms with Crippen LogP contribution in [0.3, 0.4) is 0 Å². The highest BCUT2D eigenvalue weighted by atomic mass is 16.5. The zero-order chi connectivity index (χ0) is 12.6. The van der Waals surface area contributed by atoms with Gasteiger partial charge in [-0.25, -0.2) is 19.1 Å². The molecular weight excluding hydrogens is 228 g/mol. The topological polar surface area (TPSA) is 120 Å². The van der Waals surface area contributed by atoms with Crippen LogP contribution >= 0.6 is 0 Å².